The highest BCUT2D eigenvalue weighted by atomic mass is 32.1. The highest BCUT2D eigenvalue weighted by molar-refractivity contribution is 7.13. The third kappa shape index (κ3) is 2.51. The molecule has 2 rings (SSSR count). The van der Waals surface area contributed by atoms with Crippen molar-refractivity contribution >= 4 is 17.2 Å². The number of carbonyl (C=O) groups is 1. The Hall–Kier alpha value is -1.89. The minimum atomic E-state index is -4.40. The summed E-state index contributed by atoms with van der Waals surface area (Å²) in [6, 6.07) is 4.76. The molecule has 0 unspecified atom stereocenters. The number of benzene rings is 1. The highest BCUT2D eigenvalue weighted by Gasteiger charge is 2.30. The number of hydrogen-bond acceptors (Lipinski definition) is 3. The van der Waals surface area contributed by atoms with E-state index in [-0.39, 0.29) is 5.69 Å². The predicted molar refractivity (Wildman–Crippen MR) is 61.1 cm³/mol. The Morgan fingerprint density at radius 2 is 2.06 bits per heavy atom. The molecule has 0 bridgehead atoms. The molecule has 1 heterocycles. The second-order valence-electron chi connectivity index (χ2n) is 3.48. The quantitative estimate of drug-likeness (QED) is 0.913. The fraction of sp³-hybridized carbons (Fsp3) is 0.0909. The lowest BCUT2D eigenvalue weighted by Crippen LogP contribution is -2.11. The third-order valence-corrected chi connectivity index (χ3v) is 3.08. The number of thiazole rings is 1. The molecule has 0 aliphatic rings. The van der Waals surface area contributed by atoms with E-state index in [2.05, 4.69) is 4.98 Å². The van der Waals surface area contributed by atoms with Crippen LogP contribution in [-0.2, 0) is 6.18 Å². The second kappa shape index (κ2) is 4.41. The summed E-state index contributed by atoms with van der Waals surface area (Å²) >= 11 is 1.07. The van der Waals surface area contributed by atoms with Crippen molar-refractivity contribution < 1.29 is 18.0 Å². The van der Waals surface area contributed by atoms with Crippen molar-refractivity contribution in [3.63, 3.8) is 0 Å². The van der Waals surface area contributed by atoms with Gasteiger partial charge in [0.15, 0.2) is 0 Å². The molecule has 0 saturated carbocycles. The van der Waals surface area contributed by atoms with Gasteiger partial charge < -0.3 is 5.73 Å². The molecular weight excluding hydrogens is 265 g/mol. The zero-order valence-corrected chi connectivity index (χ0v) is 9.68. The van der Waals surface area contributed by atoms with Crippen LogP contribution in [0.4, 0.5) is 13.2 Å². The number of primary amides is 1. The van der Waals surface area contributed by atoms with E-state index in [9.17, 15) is 18.0 Å². The first kappa shape index (κ1) is 12.6. The summed E-state index contributed by atoms with van der Waals surface area (Å²) in [4.78, 5) is 14.7. The van der Waals surface area contributed by atoms with Gasteiger partial charge in [0.1, 0.15) is 10.7 Å². The van der Waals surface area contributed by atoms with Gasteiger partial charge in [0.2, 0.25) is 0 Å². The lowest BCUT2D eigenvalue weighted by molar-refractivity contribution is -0.137. The minimum Gasteiger partial charge on any atom is -0.364 e. The van der Waals surface area contributed by atoms with Crippen LogP contribution in [0.5, 0.6) is 0 Å². The van der Waals surface area contributed by atoms with E-state index in [1.165, 1.54) is 17.5 Å². The fourth-order valence-electron chi connectivity index (χ4n) is 1.35. The molecule has 0 aliphatic heterocycles. The Morgan fingerprint density at radius 3 is 2.61 bits per heavy atom. The van der Waals surface area contributed by atoms with Crippen molar-refractivity contribution in [3.05, 3.63) is 40.9 Å². The molecule has 1 aromatic heterocycles. The SMILES string of the molecule is NC(=O)c1csc(-c2cccc(C(F)(F)F)c2)n1. The molecule has 18 heavy (non-hydrogen) atoms. The van der Waals surface area contributed by atoms with Gasteiger partial charge in [-0.3, -0.25) is 4.79 Å². The average Bonchev–Trinajstić information content (AvgIpc) is 2.77. The molecule has 1 aromatic carbocycles. The molecular formula is C11H7F3N2OS. The Balaban J connectivity index is 2.41. The fourth-order valence-corrected chi connectivity index (χ4v) is 2.15. The van der Waals surface area contributed by atoms with Crippen molar-refractivity contribution in [2.75, 3.05) is 0 Å². The number of halogens is 3. The van der Waals surface area contributed by atoms with Gasteiger partial charge >= 0.3 is 6.18 Å². The predicted octanol–water partition coefficient (Wildman–Crippen LogP) is 2.93. The molecule has 2 aromatic rings. The Kier molecular flexibility index (Phi) is 3.08. The number of alkyl halides is 3. The van der Waals surface area contributed by atoms with E-state index in [1.807, 2.05) is 0 Å². The van der Waals surface area contributed by atoms with Crippen LogP contribution in [0.3, 0.4) is 0 Å². The summed E-state index contributed by atoms with van der Waals surface area (Å²) in [6.45, 7) is 0. The van der Waals surface area contributed by atoms with E-state index >= 15 is 0 Å². The first-order valence-electron chi connectivity index (χ1n) is 4.81. The monoisotopic (exact) mass is 272 g/mol. The van der Waals surface area contributed by atoms with Gasteiger partial charge in [0.05, 0.1) is 5.56 Å². The minimum absolute atomic E-state index is 0.0485. The van der Waals surface area contributed by atoms with E-state index < -0.39 is 17.6 Å². The maximum absolute atomic E-state index is 12.5. The second-order valence-corrected chi connectivity index (χ2v) is 4.34. The van der Waals surface area contributed by atoms with Crippen LogP contribution in [0.1, 0.15) is 16.1 Å². The zero-order chi connectivity index (χ0) is 13.3. The van der Waals surface area contributed by atoms with E-state index in [1.54, 1.807) is 0 Å². The first-order chi connectivity index (χ1) is 8.38. The van der Waals surface area contributed by atoms with E-state index in [0.29, 0.717) is 10.6 Å². The first-order valence-corrected chi connectivity index (χ1v) is 5.69. The molecule has 0 atom stereocenters. The molecule has 3 nitrogen and oxygen atoms in total. The standard InChI is InChI=1S/C11H7F3N2OS/c12-11(13,14)7-3-1-2-6(4-7)10-16-8(5-18-10)9(15)17/h1-5H,(H2,15,17). The number of hydrogen-bond donors (Lipinski definition) is 1. The smallest absolute Gasteiger partial charge is 0.364 e. The van der Waals surface area contributed by atoms with Crippen LogP contribution < -0.4 is 5.73 Å². The van der Waals surface area contributed by atoms with Crippen LogP contribution in [0, 0.1) is 0 Å². The number of nitrogens with two attached hydrogens (primary N) is 1. The Bertz CT molecular complexity index is 592. The molecule has 0 saturated heterocycles. The summed E-state index contributed by atoms with van der Waals surface area (Å²) in [5, 5.41) is 1.74. The van der Waals surface area contributed by atoms with Gasteiger partial charge in [-0.2, -0.15) is 13.2 Å². The molecule has 94 valence electrons. The zero-order valence-electron chi connectivity index (χ0n) is 8.86. The molecule has 1 amide bonds. The van der Waals surface area contributed by atoms with Crippen LogP contribution >= 0.6 is 11.3 Å². The van der Waals surface area contributed by atoms with E-state index in [0.717, 1.165) is 23.5 Å². The van der Waals surface area contributed by atoms with Gasteiger partial charge in [0, 0.05) is 10.9 Å². The Labute approximate surface area is 104 Å². The van der Waals surface area contributed by atoms with Gasteiger partial charge in [0.25, 0.3) is 5.91 Å². The summed E-state index contributed by atoms with van der Waals surface area (Å²) in [5.74, 6) is -0.704. The van der Waals surface area contributed by atoms with Crippen molar-refractivity contribution in [3.8, 4) is 10.6 Å². The maximum atomic E-state index is 12.5. The topological polar surface area (TPSA) is 56.0 Å². The average molecular weight is 272 g/mol. The molecule has 0 radical (unpaired) electrons. The van der Waals surface area contributed by atoms with Gasteiger partial charge in [-0.05, 0) is 12.1 Å². The summed E-state index contributed by atoms with van der Waals surface area (Å²) < 4.78 is 37.6. The number of rotatable bonds is 2. The third-order valence-electron chi connectivity index (χ3n) is 2.19. The summed E-state index contributed by atoms with van der Waals surface area (Å²) in [6.07, 6.45) is -4.40. The summed E-state index contributed by atoms with van der Waals surface area (Å²) in [5.41, 5.74) is 4.63. The lowest BCUT2D eigenvalue weighted by Gasteiger charge is -2.07. The van der Waals surface area contributed by atoms with Gasteiger partial charge in [-0.25, -0.2) is 4.98 Å². The van der Waals surface area contributed by atoms with Crippen molar-refractivity contribution in [1.29, 1.82) is 0 Å². The van der Waals surface area contributed by atoms with Crippen LogP contribution in [0.15, 0.2) is 29.6 Å². The maximum Gasteiger partial charge on any atom is 0.416 e. The lowest BCUT2D eigenvalue weighted by atomic mass is 10.1. The van der Waals surface area contributed by atoms with Crippen LogP contribution in [-0.4, -0.2) is 10.9 Å². The van der Waals surface area contributed by atoms with Crippen molar-refractivity contribution in [2.24, 2.45) is 5.73 Å². The number of carbonyl (C=O) groups excluding carboxylic acids is 1. The molecule has 7 heteroatoms. The van der Waals surface area contributed by atoms with Crippen molar-refractivity contribution in [2.45, 2.75) is 6.18 Å². The highest BCUT2D eigenvalue weighted by Crippen LogP contribution is 2.32. The number of nitrogens with zero attached hydrogens (tertiary/aromatic N) is 1. The molecule has 0 aliphatic carbocycles. The largest absolute Gasteiger partial charge is 0.416 e. The Morgan fingerprint density at radius 1 is 1.33 bits per heavy atom. The van der Waals surface area contributed by atoms with Crippen LogP contribution in [0.25, 0.3) is 10.6 Å². The van der Waals surface area contributed by atoms with Gasteiger partial charge in [-0.15, -0.1) is 11.3 Å². The number of amides is 1. The van der Waals surface area contributed by atoms with Crippen molar-refractivity contribution in [1.82, 2.24) is 4.98 Å². The van der Waals surface area contributed by atoms with Crippen LogP contribution in [0.2, 0.25) is 0 Å². The molecule has 2 N–H and O–H groups in total. The van der Waals surface area contributed by atoms with E-state index in [4.69, 9.17) is 5.73 Å². The molecule has 0 fully saturated rings. The summed E-state index contributed by atoms with van der Waals surface area (Å²) in [7, 11) is 0. The van der Waals surface area contributed by atoms with Gasteiger partial charge in [-0.1, -0.05) is 12.1 Å². The number of aromatic nitrogens is 1. The normalized spacial score (nSPS) is 11.5. The molecule has 0 spiro atoms.